The molecule has 4 aromatic rings. The number of nitrogens with zero attached hydrogens (tertiary/aromatic N) is 3. The summed E-state index contributed by atoms with van der Waals surface area (Å²) in [5.74, 6) is -0.565. The van der Waals surface area contributed by atoms with Gasteiger partial charge in [0.15, 0.2) is 5.65 Å². The molecule has 164 valence electrons. The molecule has 0 aliphatic carbocycles. The molecule has 4 rings (SSSR count). The summed E-state index contributed by atoms with van der Waals surface area (Å²) >= 11 is 0. The van der Waals surface area contributed by atoms with Crippen molar-refractivity contribution in [3.8, 4) is 0 Å². The van der Waals surface area contributed by atoms with Gasteiger partial charge in [0.05, 0.1) is 28.2 Å². The van der Waals surface area contributed by atoms with Crippen LogP contribution in [0.5, 0.6) is 0 Å². The zero-order valence-corrected chi connectivity index (χ0v) is 17.4. The Morgan fingerprint density at radius 1 is 1.06 bits per heavy atom. The maximum atomic E-state index is 13.3. The fourth-order valence-electron chi connectivity index (χ4n) is 3.40. The van der Waals surface area contributed by atoms with E-state index in [-0.39, 0.29) is 11.3 Å². The molecule has 0 aliphatic heterocycles. The SMILES string of the molecule is Cc1nn(C)c2ncc(C(=O)Nc3cc(C(F)(F)F)ccc3NCc3ccccc3)cc12. The third-order valence-corrected chi connectivity index (χ3v) is 5.05. The van der Waals surface area contributed by atoms with Crippen molar-refractivity contribution in [2.24, 2.45) is 7.05 Å². The summed E-state index contributed by atoms with van der Waals surface area (Å²) in [5.41, 5.74) is 2.05. The molecule has 0 fully saturated rings. The molecule has 1 amide bonds. The number of nitrogens with one attached hydrogen (secondary N) is 2. The van der Waals surface area contributed by atoms with Crippen molar-refractivity contribution in [2.45, 2.75) is 19.6 Å². The predicted octanol–water partition coefficient (Wildman–Crippen LogP) is 5.16. The van der Waals surface area contributed by atoms with Gasteiger partial charge in [0.1, 0.15) is 0 Å². The first-order valence-corrected chi connectivity index (χ1v) is 9.82. The molecule has 0 radical (unpaired) electrons. The van der Waals surface area contributed by atoms with Crippen molar-refractivity contribution in [1.29, 1.82) is 0 Å². The lowest BCUT2D eigenvalue weighted by Gasteiger charge is -2.16. The van der Waals surface area contributed by atoms with Gasteiger partial charge < -0.3 is 10.6 Å². The van der Waals surface area contributed by atoms with Gasteiger partial charge in [-0.2, -0.15) is 18.3 Å². The van der Waals surface area contributed by atoms with Crippen molar-refractivity contribution in [1.82, 2.24) is 14.8 Å². The van der Waals surface area contributed by atoms with Gasteiger partial charge in [-0.1, -0.05) is 30.3 Å². The van der Waals surface area contributed by atoms with Crippen molar-refractivity contribution in [3.05, 3.63) is 83.2 Å². The van der Waals surface area contributed by atoms with Crippen molar-refractivity contribution in [3.63, 3.8) is 0 Å². The van der Waals surface area contributed by atoms with Gasteiger partial charge in [-0.15, -0.1) is 0 Å². The normalized spacial score (nSPS) is 11.5. The maximum absolute atomic E-state index is 13.3. The summed E-state index contributed by atoms with van der Waals surface area (Å²) in [6.07, 6.45) is -3.16. The quantitative estimate of drug-likeness (QED) is 0.451. The lowest BCUT2D eigenvalue weighted by atomic mass is 10.1. The first-order chi connectivity index (χ1) is 15.2. The van der Waals surface area contributed by atoms with Crippen LogP contribution >= 0.6 is 0 Å². The van der Waals surface area contributed by atoms with Crippen LogP contribution < -0.4 is 10.6 Å². The molecule has 0 bridgehead atoms. The molecule has 0 aliphatic rings. The van der Waals surface area contributed by atoms with E-state index in [4.69, 9.17) is 0 Å². The van der Waals surface area contributed by atoms with E-state index in [9.17, 15) is 18.0 Å². The first kappa shape index (κ1) is 21.4. The number of rotatable bonds is 5. The number of amides is 1. The smallest absolute Gasteiger partial charge is 0.379 e. The van der Waals surface area contributed by atoms with Crippen LogP contribution in [0.15, 0.2) is 60.8 Å². The Bertz CT molecular complexity index is 1280. The molecular formula is C23H20F3N5O. The fraction of sp³-hybridized carbons (Fsp3) is 0.174. The molecule has 2 aromatic carbocycles. The second-order valence-electron chi connectivity index (χ2n) is 7.36. The van der Waals surface area contributed by atoms with E-state index in [1.54, 1.807) is 24.7 Å². The van der Waals surface area contributed by atoms with E-state index < -0.39 is 17.6 Å². The maximum Gasteiger partial charge on any atom is 0.416 e. The highest BCUT2D eigenvalue weighted by Crippen LogP contribution is 2.34. The van der Waals surface area contributed by atoms with Gasteiger partial charge in [0.25, 0.3) is 5.91 Å². The van der Waals surface area contributed by atoms with Crippen LogP contribution in [0, 0.1) is 6.92 Å². The van der Waals surface area contributed by atoms with E-state index in [1.807, 2.05) is 30.3 Å². The third kappa shape index (κ3) is 4.41. The average Bonchev–Trinajstić information content (AvgIpc) is 3.06. The Hall–Kier alpha value is -3.88. The zero-order chi connectivity index (χ0) is 22.9. The van der Waals surface area contributed by atoms with Crippen LogP contribution in [0.4, 0.5) is 24.5 Å². The number of benzene rings is 2. The topological polar surface area (TPSA) is 71.8 Å². The van der Waals surface area contributed by atoms with Crippen LogP contribution in [-0.2, 0) is 19.8 Å². The number of pyridine rings is 1. The van der Waals surface area contributed by atoms with Crippen molar-refractivity contribution >= 4 is 28.3 Å². The Morgan fingerprint density at radius 2 is 1.81 bits per heavy atom. The standard InChI is InChI=1S/C23H20F3N5O/c1-14-18-10-16(13-28-21(18)31(2)30-14)22(32)29-20-11-17(23(24,25)26)8-9-19(20)27-12-15-6-4-3-5-7-15/h3-11,13,27H,12H2,1-2H3,(H,29,32). The molecule has 2 N–H and O–H groups in total. The van der Waals surface area contributed by atoms with E-state index in [1.165, 1.54) is 12.3 Å². The summed E-state index contributed by atoms with van der Waals surface area (Å²) in [4.78, 5) is 17.1. The van der Waals surface area contributed by atoms with Gasteiger partial charge in [-0.3, -0.25) is 9.48 Å². The average molecular weight is 439 g/mol. The number of carbonyl (C=O) groups is 1. The molecule has 2 heterocycles. The molecular weight excluding hydrogens is 419 g/mol. The Morgan fingerprint density at radius 3 is 2.53 bits per heavy atom. The number of halogens is 3. The minimum Gasteiger partial charge on any atom is -0.379 e. The van der Waals surface area contributed by atoms with Crippen LogP contribution in [0.1, 0.15) is 27.2 Å². The third-order valence-electron chi connectivity index (χ3n) is 5.05. The van der Waals surface area contributed by atoms with E-state index >= 15 is 0 Å². The fourth-order valence-corrected chi connectivity index (χ4v) is 3.40. The second kappa shape index (κ2) is 8.33. The van der Waals surface area contributed by atoms with Crippen LogP contribution in [0.3, 0.4) is 0 Å². The monoisotopic (exact) mass is 439 g/mol. The molecule has 6 nitrogen and oxygen atoms in total. The molecule has 32 heavy (non-hydrogen) atoms. The summed E-state index contributed by atoms with van der Waals surface area (Å²) in [6.45, 7) is 2.18. The van der Waals surface area contributed by atoms with Gasteiger partial charge in [0.2, 0.25) is 0 Å². The van der Waals surface area contributed by atoms with Crippen molar-refractivity contribution in [2.75, 3.05) is 10.6 Å². The highest BCUT2D eigenvalue weighted by atomic mass is 19.4. The summed E-state index contributed by atoms with van der Waals surface area (Å²) in [5, 5.41) is 10.7. The Kier molecular flexibility index (Phi) is 5.56. The van der Waals surface area contributed by atoms with Crippen LogP contribution in [0.25, 0.3) is 11.0 Å². The number of anilines is 2. The number of aromatic nitrogens is 3. The highest BCUT2D eigenvalue weighted by molar-refractivity contribution is 6.07. The summed E-state index contributed by atoms with van der Waals surface area (Å²) < 4.78 is 41.4. The van der Waals surface area contributed by atoms with Gasteiger partial charge in [-0.05, 0) is 36.8 Å². The van der Waals surface area contributed by atoms with Gasteiger partial charge in [0, 0.05) is 25.2 Å². The largest absolute Gasteiger partial charge is 0.416 e. The van der Waals surface area contributed by atoms with E-state index in [0.29, 0.717) is 29.0 Å². The van der Waals surface area contributed by atoms with Crippen LogP contribution in [-0.4, -0.2) is 20.7 Å². The lowest BCUT2D eigenvalue weighted by molar-refractivity contribution is -0.137. The molecule has 2 aromatic heterocycles. The minimum atomic E-state index is -4.54. The number of alkyl halides is 3. The second-order valence-corrected chi connectivity index (χ2v) is 7.36. The zero-order valence-electron chi connectivity index (χ0n) is 17.4. The molecule has 0 saturated heterocycles. The van der Waals surface area contributed by atoms with Crippen molar-refractivity contribution < 1.29 is 18.0 Å². The Labute approximate surface area is 182 Å². The molecule has 0 unspecified atom stereocenters. The van der Waals surface area contributed by atoms with Gasteiger partial charge in [-0.25, -0.2) is 4.98 Å². The van der Waals surface area contributed by atoms with E-state index in [0.717, 1.165) is 17.7 Å². The molecule has 0 saturated carbocycles. The number of carbonyl (C=O) groups excluding carboxylic acids is 1. The highest BCUT2D eigenvalue weighted by Gasteiger charge is 2.31. The predicted molar refractivity (Wildman–Crippen MR) is 116 cm³/mol. The lowest BCUT2D eigenvalue weighted by Crippen LogP contribution is -2.15. The molecule has 9 heteroatoms. The Balaban J connectivity index is 1.64. The van der Waals surface area contributed by atoms with E-state index in [2.05, 4.69) is 20.7 Å². The number of hydrogen-bond donors (Lipinski definition) is 2. The van der Waals surface area contributed by atoms with Crippen LogP contribution in [0.2, 0.25) is 0 Å². The molecule has 0 spiro atoms. The number of hydrogen-bond acceptors (Lipinski definition) is 4. The minimum absolute atomic E-state index is 0.0313. The first-order valence-electron chi connectivity index (χ1n) is 9.82. The summed E-state index contributed by atoms with van der Waals surface area (Å²) in [6, 6.07) is 14.3. The summed E-state index contributed by atoms with van der Waals surface area (Å²) in [7, 11) is 1.75. The molecule has 0 atom stereocenters. The van der Waals surface area contributed by atoms with Gasteiger partial charge >= 0.3 is 6.18 Å². The number of fused-ring (bicyclic) bond motifs is 1. The number of aryl methyl sites for hydroxylation is 2.